The smallest absolute Gasteiger partial charge is 0.337 e. The number of hydrogen-bond donors (Lipinski definition) is 2. The number of amides is 2. The lowest BCUT2D eigenvalue weighted by molar-refractivity contribution is -0.143. The summed E-state index contributed by atoms with van der Waals surface area (Å²) in [7, 11) is -2.49. The van der Waals surface area contributed by atoms with Crippen LogP contribution in [0.25, 0.3) is 11.1 Å². The number of anilines is 1. The van der Waals surface area contributed by atoms with Gasteiger partial charge in [-0.15, -0.1) is 0 Å². The molecular formula is C31H37N3O6S. The summed E-state index contributed by atoms with van der Waals surface area (Å²) >= 11 is 0. The van der Waals surface area contributed by atoms with Gasteiger partial charge in [0, 0.05) is 29.9 Å². The molecule has 9 nitrogen and oxygen atoms in total. The van der Waals surface area contributed by atoms with E-state index in [2.05, 4.69) is 10.0 Å². The Labute approximate surface area is 242 Å². The Hall–Kier alpha value is -4.02. The number of carbonyl (C=O) groups is 3. The molecule has 3 aromatic carbocycles. The summed E-state index contributed by atoms with van der Waals surface area (Å²) in [6.45, 7) is 9.67. The van der Waals surface area contributed by atoms with Gasteiger partial charge in [-0.2, -0.15) is 0 Å². The molecule has 3 rings (SSSR count). The highest BCUT2D eigenvalue weighted by molar-refractivity contribution is 7.89. The topological polar surface area (TPSA) is 122 Å². The van der Waals surface area contributed by atoms with Crippen molar-refractivity contribution in [3.8, 4) is 11.1 Å². The van der Waals surface area contributed by atoms with Crippen molar-refractivity contribution < 1.29 is 27.5 Å². The molecule has 0 saturated heterocycles. The standard InChI is InChI=1S/C31H37N3O6S/c1-21(2)19-34(20-22-10-9-11-24(18-22)30(37)40-6)29(36)28(35)32-25-16-14-23(15-17-25)26-12-7-8-13-27(26)41(38,39)33-31(3,4)5/h7-18,21,33H,19-20H2,1-6H3,(H,32,35). The van der Waals surface area contributed by atoms with Crippen LogP contribution in [0.2, 0.25) is 0 Å². The molecule has 0 spiro atoms. The van der Waals surface area contributed by atoms with Crippen LogP contribution in [-0.2, 0) is 30.9 Å². The van der Waals surface area contributed by atoms with Crippen LogP contribution in [0.1, 0.15) is 50.5 Å². The van der Waals surface area contributed by atoms with Crippen molar-refractivity contribution in [2.45, 2.75) is 51.6 Å². The second-order valence-corrected chi connectivity index (χ2v) is 12.8. The minimum Gasteiger partial charge on any atom is -0.465 e. The number of carbonyl (C=O) groups excluding carboxylic acids is 3. The molecule has 0 radical (unpaired) electrons. The fourth-order valence-corrected chi connectivity index (χ4v) is 5.90. The molecule has 0 saturated carbocycles. The van der Waals surface area contributed by atoms with Gasteiger partial charge in [-0.3, -0.25) is 9.59 Å². The maximum Gasteiger partial charge on any atom is 0.337 e. The highest BCUT2D eigenvalue weighted by Gasteiger charge is 2.26. The molecule has 0 atom stereocenters. The van der Waals surface area contributed by atoms with Gasteiger partial charge in [-0.05, 0) is 68.1 Å². The van der Waals surface area contributed by atoms with Gasteiger partial charge in [0.15, 0.2) is 0 Å². The Morgan fingerprint density at radius 2 is 1.59 bits per heavy atom. The zero-order valence-electron chi connectivity index (χ0n) is 24.2. The maximum absolute atomic E-state index is 13.2. The minimum absolute atomic E-state index is 0.0962. The summed E-state index contributed by atoms with van der Waals surface area (Å²) in [6, 6.07) is 20.0. The first-order valence-electron chi connectivity index (χ1n) is 13.2. The molecule has 0 bridgehead atoms. The normalized spacial score (nSPS) is 11.7. The van der Waals surface area contributed by atoms with Gasteiger partial charge >= 0.3 is 17.8 Å². The third-order valence-electron chi connectivity index (χ3n) is 5.86. The van der Waals surface area contributed by atoms with E-state index in [0.29, 0.717) is 34.5 Å². The highest BCUT2D eigenvalue weighted by atomic mass is 32.2. The zero-order chi connectivity index (χ0) is 30.4. The van der Waals surface area contributed by atoms with Crippen molar-refractivity contribution in [3.63, 3.8) is 0 Å². The van der Waals surface area contributed by atoms with Gasteiger partial charge in [-0.1, -0.05) is 56.3 Å². The van der Waals surface area contributed by atoms with E-state index in [-0.39, 0.29) is 17.4 Å². The first-order valence-corrected chi connectivity index (χ1v) is 14.7. The molecule has 0 aliphatic heterocycles. The maximum atomic E-state index is 13.2. The van der Waals surface area contributed by atoms with Crippen molar-refractivity contribution >= 4 is 33.5 Å². The summed E-state index contributed by atoms with van der Waals surface area (Å²) < 4.78 is 33.5. The van der Waals surface area contributed by atoms with Gasteiger partial charge in [0.2, 0.25) is 10.0 Å². The van der Waals surface area contributed by atoms with E-state index >= 15 is 0 Å². The second kappa shape index (κ2) is 13.1. The van der Waals surface area contributed by atoms with E-state index in [0.717, 1.165) is 0 Å². The molecular weight excluding hydrogens is 542 g/mol. The number of nitrogens with one attached hydrogen (secondary N) is 2. The number of rotatable bonds is 9. The Kier molecular flexibility index (Phi) is 10.1. The van der Waals surface area contributed by atoms with E-state index in [1.165, 1.54) is 12.0 Å². The molecule has 0 aromatic heterocycles. The molecule has 41 heavy (non-hydrogen) atoms. The highest BCUT2D eigenvalue weighted by Crippen LogP contribution is 2.29. The van der Waals surface area contributed by atoms with Crippen LogP contribution < -0.4 is 10.0 Å². The second-order valence-electron chi connectivity index (χ2n) is 11.2. The molecule has 0 fully saturated rings. The number of sulfonamides is 1. The van der Waals surface area contributed by atoms with Gasteiger partial charge in [0.25, 0.3) is 0 Å². The molecule has 0 aliphatic rings. The fraction of sp³-hybridized carbons (Fsp3) is 0.323. The quantitative estimate of drug-likeness (QED) is 0.276. The molecule has 0 aliphatic carbocycles. The van der Waals surface area contributed by atoms with E-state index in [9.17, 15) is 22.8 Å². The van der Waals surface area contributed by atoms with Crippen LogP contribution in [0.4, 0.5) is 5.69 Å². The summed E-state index contributed by atoms with van der Waals surface area (Å²) in [5.74, 6) is -1.91. The monoisotopic (exact) mass is 579 g/mol. The number of ether oxygens (including phenoxy) is 1. The Morgan fingerprint density at radius 3 is 2.20 bits per heavy atom. The predicted octanol–water partition coefficient (Wildman–Crippen LogP) is 4.84. The van der Waals surface area contributed by atoms with Crippen molar-refractivity contribution in [1.82, 2.24) is 9.62 Å². The lowest BCUT2D eigenvalue weighted by Crippen LogP contribution is -2.41. The average Bonchev–Trinajstić information content (AvgIpc) is 2.91. The lowest BCUT2D eigenvalue weighted by Gasteiger charge is -2.24. The fourth-order valence-electron chi connectivity index (χ4n) is 4.25. The van der Waals surface area contributed by atoms with E-state index in [4.69, 9.17) is 4.74 Å². The molecule has 0 unspecified atom stereocenters. The van der Waals surface area contributed by atoms with Crippen LogP contribution in [0, 0.1) is 5.92 Å². The number of hydrogen-bond acceptors (Lipinski definition) is 6. The first-order chi connectivity index (χ1) is 19.2. The molecule has 10 heteroatoms. The van der Waals surface area contributed by atoms with Gasteiger partial charge in [-0.25, -0.2) is 17.9 Å². The predicted molar refractivity (Wildman–Crippen MR) is 159 cm³/mol. The van der Waals surface area contributed by atoms with Gasteiger partial charge < -0.3 is 15.0 Å². The van der Waals surface area contributed by atoms with Crippen molar-refractivity contribution in [2.75, 3.05) is 19.0 Å². The zero-order valence-corrected chi connectivity index (χ0v) is 25.0. The van der Waals surface area contributed by atoms with Crippen LogP contribution in [-0.4, -0.2) is 50.3 Å². The van der Waals surface area contributed by atoms with Crippen molar-refractivity contribution in [2.24, 2.45) is 5.92 Å². The molecule has 2 N–H and O–H groups in total. The number of benzene rings is 3. The Morgan fingerprint density at radius 1 is 0.927 bits per heavy atom. The molecule has 2 amide bonds. The minimum atomic E-state index is -3.79. The van der Waals surface area contributed by atoms with Crippen LogP contribution in [0.5, 0.6) is 0 Å². The summed E-state index contributed by atoms with van der Waals surface area (Å²) in [4.78, 5) is 39.6. The van der Waals surface area contributed by atoms with Crippen molar-refractivity contribution in [1.29, 1.82) is 0 Å². The van der Waals surface area contributed by atoms with Crippen LogP contribution >= 0.6 is 0 Å². The van der Waals surface area contributed by atoms with Crippen molar-refractivity contribution in [3.05, 3.63) is 83.9 Å². The lowest BCUT2D eigenvalue weighted by atomic mass is 10.1. The summed E-state index contributed by atoms with van der Waals surface area (Å²) in [6.07, 6.45) is 0. The van der Waals surface area contributed by atoms with E-state index in [1.54, 1.807) is 93.6 Å². The summed E-state index contributed by atoms with van der Waals surface area (Å²) in [5.41, 5.74) is 1.92. The number of nitrogens with zero attached hydrogens (tertiary/aromatic N) is 1. The SMILES string of the molecule is COC(=O)c1cccc(CN(CC(C)C)C(=O)C(=O)Nc2ccc(-c3ccccc3S(=O)(=O)NC(C)(C)C)cc2)c1. The Balaban J connectivity index is 1.78. The Bertz CT molecular complexity index is 1510. The number of esters is 1. The van der Waals surface area contributed by atoms with E-state index in [1.807, 2.05) is 13.8 Å². The third-order valence-corrected chi connectivity index (χ3v) is 7.68. The first kappa shape index (κ1) is 31.5. The van der Waals surface area contributed by atoms with Gasteiger partial charge in [0.1, 0.15) is 0 Å². The average molecular weight is 580 g/mol. The number of methoxy groups -OCH3 is 1. The van der Waals surface area contributed by atoms with E-state index < -0.39 is 33.3 Å². The van der Waals surface area contributed by atoms with Gasteiger partial charge in [0.05, 0.1) is 17.6 Å². The summed E-state index contributed by atoms with van der Waals surface area (Å²) in [5, 5.41) is 2.64. The van der Waals surface area contributed by atoms with Crippen LogP contribution in [0.15, 0.2) is 77.7 Å². The van der Waals surface area contributed by atoms with Crippen LogP contribution in [0.3, 0.4) is 0 Å². The molecule has 218 valence electrons. The molecule has 0 heterocycles. The molecule has 3 aromatic rings. The largest absolute Gasteiger partial charge is 0.465 e. The third kappa shape index (κ3) is 8.73.